The first-order valence-electron chi connectivity index (χ1n) is 8.95. The first-order valence-corrected chi connectivity index (χ1v) is 8.95. The van der Waals surface area contributed by atoms with E-state index in [9.17, 15) is 0 Å². The molecule has 138 valence electrons. The molecule has 2 N–H and O–H groups in total. The Morgan fingerprint density at radius 3 is 2.57 bits per heavy atom. The Labute approximate surface area is 159 Å². The van der Waals surface area contributed by atoms with Gasteiger partial charge in [-0.05, 0) is 25.7 Å². The van der Waals surface area contributed by atoms with Crippen LogP contribution >= 0.6 is 24.0 Å². The molecule has 0 spiro atoms. The van der Waals surface area contributed by atoms with E-state index in [4.69, 9.17) is 9.47 Å². The maximum Gasteiger partial charge on any atom is 0.191 e. The topological polar surface area (TPSA) is 54.9 Å². The predicted molar refractivity (Wildman–Crippen MR) is 108 cm³/mol. The van der Waals surface area contributed by atoms with E-state index in [0.29, 0.717) is 19.8 Å². The van der Waals surface area contributed by atoms with Crippen molar-refractivity contribution in [3.63, 3.8) is 0 Å². The molecule has 6 heteroatoms. The number of methoxy groups -OCH3 is 1. The summed E-state index contributed by atoms with van der Waals surface area (Å²) >= 11 is 0. The summed E-state index contributed by atoms with van der Waals surface area (Å²) in [7, 11) is 1.69. The molecule has 0 amide bonds. The number of hydrogen-bond acceptors (Lipinski definition) is 3. The van der Waals surface area contributed by atoms with E-state index < -0.39 is 0 Å². The van der Waals surface area contributed by atoms with E-state index >= 15 is 0 Å². The summed E-state index contributed by atoms with van der Waals surface area (Å²) in [6.07, 6.45) is 9.70. The van der Waals surface area contributed by atoms with E-state index in [1.807, 2.05) is 0 Å². The monoisotopic (exact) mass is 441 g/mol. The molecule has 1 rings (SSSR count). The largest absolute Gasteiger partial charge is 0.382 e. The second-order valence-corrected chi connectivity index (χ2v) is 5.94. The highest BCUT2D eigenvalue weighted by Gasteiger charge is 2.12. The van der Waals surface area contributed by atoms with Crippen molar-refractivity contribution in [2.75, 3.05) is 46.6 Å². The second kappa shape index (κ2) is 16.8. The van der Waals surface area contributed by atoms with Crippen molar-refractivity contribution in [1.82, 2.24) is 10.6 Å². The number of aliphatic imine (C=N–C) groups is 1. The van der Waals surface area contributed by atoms with Crippen molar-refractivity contribution >= 4 is 29.9 Å². The first-order chi connectivity index (χ1) is 10.9. The highest BCUT2D eigenvalue weighted by molar-refractivity contribution is 14.0. The average molecular weight is 441 g/mol. The Balaban J connectivity index is 0.00000484. The van der Waals surface area contributed by atoms with Crippen LogP contribution < -0.4 is 10.6 Å². The van der Waals surface area contributed by atoms with Crippen LogP contribution in [0.3, 0.4) is 0 Å². The van der Waals surface area contributed by atoms with Gasteiger partial charge in [0, 0.05) is 26.7 Å². The number of halogens is 1. The third kappa shape index (κ3) is 12.9. The second-order valence-electron chi connectivity index (χ2n) is 5.94. The molecule has 0 heterocycles. The number of nitrogens with zero attached hydrogens (tertiary/aromatic N) is 1. The first kappa shape index (κ1) is 22.9. The number of guanidine groups is 1. The van der Waals surface area contributed by atoms with Gasteiger partial charge in [-0.3, -0.25) is 4.99 Å². The van der Waals surface area contributed by atoms with Crippen molar-refractivity contribution in [2.24, 2.45) is 10.9 Å². The fourth-order valence-electron chi connectivity index (χ4n) is 2.87. The SMILES string of the molecule is CCNC(=NCCCC1CCCCC1)NCCOCCOC.I. The van der Waals surface area contributed by atoms with Crippen molar-refractivity contribution in [1.29, 1.82) is 0 Å². The van der Waals surface area contributed by atoms with E-state index in [1.165, 1.54) is 44.9 Å². The van der Waals surface area contributed by atoms with Gasteiger partial charge in [-0.2, -0.15) is 0 Å². The van der Waals surface area contributed by atoms with E-state index in [2.05, 4.69) is 22.5 Å². The molecule has 1 aliphatic carbocycles. The third-order valence-corrected chi connectivity index (χ3v) is 4.08. The minimum Gasteiger partial charge on any atom is -0.382 e. The highest BCUT2D eigenvalue weighted by Crippen LogP contribution is 2.27. The summed E-state index contributed by atoms with van der Waals surface area (Å²) in [6.45, 7) is 6.64. The van der Waals surface area contributed by atoms with Crippen LogP contribution in [0, 0.1) is 5.92 Å². The molecule has 1 aliphatic rings. The van der Waals surface area contributed by atoms with Gasteiger partial charge in [0.25, 0.3) is 0 Å². The highest BCUT2D eigenvalue weighted by atomic mass is 127. The molecule has 5 nitrogen and oxygen atoms in total. The molecule has 0 bridgehead atoms. The van der Waals surface area contributed by atoms with E-state index in [-0.39, 0.29) is 24.0 Å². The molecule has 0 aromatic rings. The Hall–Kier alpha value is -0.0800. The Bertz CT molecular complexity index is 285. The van der Waals surface area contributed by atoms with Crippen molar-refractivity contribution in [3.8, 4) is 0 Å². The standard InChI is InChI=1S/C17H35N3O2.HI/c1-3-18-17(20-12-13-22-15-14-21-2)19-11-7-10-16-8-5-4-6-9-16;/h16H,3-15H2,1-2H3,(H2,18,19,20);1H. The Morgan fingerprint density at radius 2 is 1.87 bits per heavy atom. The lowest BCUT2D eigenvalue weighted by molar-refractivity contribution is 0.0733. The Morgan fingerprint density at radius 1 is 1.09 bits per heavy atom. The van der Waals surface area contributed by atoms with Gasteiger partial charge in [0.05, 0.1) is 19.8 Å². The molecule has 0 saturated heterocycles. The molecule has 0 aliphatic heterocycles. The summed E-state index contributed by atoms with van der Waals surface area (Å²) in [4.78, 5) is 4.65. The maximum absolute atomic E-state index is 5.44. The van der Waals surface area contributed by atoms with Crippen LogP contribution in [0.4, 0.5) is 0 Å². The number of nitrogens with one attached hydrogen (secondary N) is 2. The molecule has 1 fully saturated rings. The van der Waals surface area contributed by atoms with Crippen LogP contribution in [0.1, 0.15) is 51.9 Å². The molecule has 0 unspecified atom stereocenters. The number of hydrogen-bond donors (Lipinski definition) is 2. The van der Waals surface area contributed by atoms with Gasteiger partial charge in [-0.15, -0.1) is 24.0 Å². The van der Waals surface area contributed by atoms with Crippen molar-refractivity contribution in [3.05, 3.63) is 0 Å². The van der Waals surface area contributed by atoms with Crippen molar-refractivity contribution < 1.29 is 9.47 Å². The van der Waals surface area contributed by atoms with Crippen LogP contribution in [0.2, 0.25) is 0 Å². The quantitative estimate of drug-likeness (QED) is 0.224. The zero-order valence-electron chi connectivity index (χ0n) is 14.9. The summed E-state index contributed by atoms with van der Waals surface area (Å²) in [5.41, 5.74) is 0. The molecule has 1 saturated carbocycles. The number of rotatable bonds is 11. The fraction of sp³-hybridized carbons (Fsp3) is 0.941. The maximum atomic E-state index is 5.44. The van der Waals surface area contributed by atoms with Crippen LogP contribution in [0.25, 0.3) is 0 Å². The van der Waals surface area contributed by atoms with E-state index in [1.54, 1.807) is 7.11 Å². The average Bonchev–Trinajstić information content (AvgIpc) is 2.55. The zero-order chi connectivity index (χ0) is 15.9. The molecule has 0 atom stereocenters. The van der Waals surface area contributed by atoms with Gasteiger partial charge in [0.2, 0.25) is 0 Å². The zero-order valence-corrected chi connectivity index (χ0v) is 17.3. The molecular formula is C17H36IN3O2. The lowest BCUT2D eigenvalue weighted by Gasteiger charge is -2.20. The minimum atomic E-state index is 0. The molecule has 0 radical (unpaired) electrons. The van der Waals surface area contributed by atoms with Gasteiger partial charge >= 0.3 is 0 Å². The van der Waals surface area contributed by atoms with Gasteiger partial charge < -0.3 is 20.1 Å². The summed E-state index contributed by atoms with van der Waals surface area (Å²) in [5.74, 6) is 1.86. The fourth-order valence-corrected chi connectivity index (χ4v) is 2.87. The van der Waals surface area contributed by atoms with Crippen LogP contribution in [-0.4, -0.2) is 52.5 Å². The van der Waals surface area contributed by atoms with E-state index in [0.717, 1.165) is 31.5 Å². The Kier molecular flexibility index (Phi) is 16.7. The number of ether oxygens (including phenoxy) is 2. The van der Waals surface area contributed by atoms with Gasteiger partial charge in [0.15, 0.2) is 5.96 Å². The summed E-state index contributed by atoms with van der Waals surface area (Å²) < 4.78 is 10.4. The normalized spacial score (nSPS) is 16.0. The molecule has 0 aromatic heterocycles. The van der Waals surface area contributed by atoms with Gasteiger partial charge in [-0.1, -0.05) is 32.1 Å². The minimum absolute atomic E-state index is 0. The molecule has 0 aromatic carbocycles. The molecule has 23 heavy (non-hydrogen) atoms. The van der Waals surface area contributed by atoms with Crippen LogP contribution in [0.5, 0.6) is 0 Å². The lowest BCUT2D eigenvalue weighted by atomic mass is 9.86. The van der Waals surface area contributed by atoms with Crippen molar-refractivity contribution in [2.45, 2.75) is 51.9 Å². The third-order valence-electron chi connectivity index (χ3n) is 4.08. The van der Waals surface area contributed by atoms with Gasteiger partial charge in [-0.25, -0.2) is 0 Å². The predicted octanol–water partition coefficient (Wildman–Crippen LogP) is 3.18. The molecular weight excluding hydrogens is 405 g/mol. The summed E-state index contributed by atoms with van der Waals surface area (Å²) in [6, 6.07) is 0. The van der Waals surface area contributed by atoms with Gasteiger partial charge in [0.1, 0.15) is 0 Å². The van der Waals surface area contributed by atoms with Crippen LogP contribution in [0.15, 0.2) is 4.99 Å². The van der Waals surface area contributed by atoms with Crippen LogP contribution in [-0.2, 0) is 9.47 Å². The smallest absolute Gasteiger partial charge is 0.191 e. The summed E-state index contributed by atoms with van der Waals surface area (Å²) in [5, 5.41) is 6.59. The lowest BCUT2D eigenvalue weighted by Crippen LogP contribution is -2.39.